The third-order valence-electron chi connectivity index (χ3n) is 16.3. The van der Waals surface area contributed by atoms with Crippen molar-refractivity contribution in [3.63, 3.8) is 0 Å². The number of thiol groups is 1. The Labute approximate surface area is 708 Å². The van der Waals surface area contributed by atoms with Gasteiger partial charge in [0.05, 0.1) is 35.5 Å². The first-order valence-electron chi connectivity index (χ1n) is 36.3. The molecule has 0 unspecified atom stereocenters. The molecule has 15 nitrogen and oxygen atoms in total. The highest BCUT2D eigenvalue weighted by Crippen LogP contribution is 2.33. The van der Waals surface area contributed by atoms with Crippen LogP contribution in [0.3, 0.4) is 0 Å². The molecule has 3 aliphatic rings. The van der Waals surface area contributed by atoms with E-state index in [1.165, 1.54) is 68.3 Å². The predicted octanol–water partition coefficient (Wildman–Crippen LogP) is 22.7. The van der Waals surface area contributed by atoms with Gasteiger partial charge in [0.2, 0.25) is 9.84 Å². The summed E-state index contributed by atoms with van der Waals surface area (Å²) in [4.78, 5) is 106. The largest absolute Gasteiger partial charge is 0.643 e. The molecule has 1 saturated heterocycles. The van der Waals surface area contributed by atoms with Crippen LogP contribution in [0.5, 0.6) is 0 Å². The Hall–Kier alpha value is -9.74. The van der Waals surface area contributed by atoms with Gasteiger partial charge in [-0.15, -0.1) is 12.6 Å². The molecule has 0 bridgehead atoms. The third-order valence-corrected chi connectivity index (χ3v) is 21.4. The number of sulfone groups is 1. The van der Waals surface area contributed by atoms with Crippen LogP contribution >= 0.6 is 78.1 Å². The molecule has 116 heavy (non-hydrogen) atoms. The van der Waals surface area contributed by atoms with Gasteiger partial charge in [0.15, 0.2) is 23.1 Å². The van der Waals surface area contributed by atoms with Crippen molar-refractivity contribution in [3.8, 4) is 0 Å². The van der Waals surface area contributed by atoms with E-state index in [2.05, 4.69) is 84.1 Å². The lowest BCUT2D eigenvalue weighted by atomic mass is 9.91. The Bertz CT molecular complexity index is 5000. The van der Waals surface area contributed by atoms with E-state index in [1.807, 2.05) is 109 Å². The molecule has 1 aliphatic heterocycles. The van der Waals surface area contributed by atoms with Crippen molar-refractivity contribution in [1.82, 2.24) is 0 Å². The summed E-state index contributed by atoms with van der Waals surface area (Å²) in [5, 5.41) is 25.5. The molecule has 0 spiro atoms. The highest BCUT2D eigenvalue weighted by molar-refractivity contribution is 8.00. The number of cyclic esters (lactones) is 2. The van der Waals surface area contributed by atoms with Gasteiger partial charge in [0.1, 0.15) is 11.6 Å². The van der Waals surface area contributed by atoms with Gasteiger partial charge < -0.3 is 20.1 Å². The number of rotatable bonds is 20. The van der Waals surface area contributed by atoms with Gasteiger partial charge in [-0.2, -0.15) is 0 Å². The van der Waals surface area contributed by atoms with Crippen LogP contribution in [0.25, 0.3) is 0 Å². The number of carbonyl (C=O) groups is 9. The summed E-state index contributed by atoms with van der Waals surface area (Å²) in [7, 11) is 11.3. The van der Waals surface area contributed by atoms with Crippen LogP contribution in [-0.4, -0.2) is 88.1 Å². The first-order valence-corrected chi connectivity index (χ1v) is 45.9. The zero-order chi connectivity index (χ0) is 84.0. The molecule has 14 rings (SSSR count). The van der Waals surface area contributed by atoms with E-state index in [-0.39, 0.29) is 77.9 Å². The molecule has 3 N–H and O–H groups in total. The number of hydrogen-bond acceptors (Lipinski definition) is 16. The van der Waals surface area contributed by atoms with Crippen LogP contribution in [0.1, 0.15) is 135 Å². The topological polar surface area (TPSA) is 258 Å². The average molecular weight is 1740 g/mol. The molecule has 1 fully saturated rings. The maximum absolute atomic E-state index is 12.5. The lowest BCUT2D eigenvalue weighted by Gasteiger charge is -2.15. The summed E-state index contributed by atoms with van der Waals surface area (Å²) in [5.74, 6) is -4.16. The number of carbonyl (C=O) groups excluding carboxylic acids is 6. The van der Waals surface area contributed by atoms with E-state index < -0.39 is 56.9 Å². The van der Waals surface area contributed by atoms with Gasteiger partial charge in [-0.1, -0.05) is 181 Å². The number of carboxylic acid groups (broad SMARTS) is 3. The molecule has 0 saturated carbocycles. The predicted molar refractivity (Wildman–Crippen MR) is 457 cm³/mol. The number of aliphatic carboxylic acids is 3. The lowest BCUT2D eigenvalue weighted by Crippen LogP contribution is -2.12. The Morgan fingerprint density at radius 2 is 0.733 bits per heavy atom. The van der Waals surface area contributed by atoms with E-state index in [0.29, 0.717) is 41.7 Å². The van der Waals surface area contributed by atoms with Gasteiger partial charge in [0, 0.05) is 88.6 Å². The van der Waals surface area contributed by atoms with Crippen LogP contribution in [-0.2, 0) is 57.8 Å². The van der Waals surface area contributed by atoms with E-state index in [1.54, 1.807) is 108 Å². The molecule has 26 heteroatoms. The highest BCUT2D eigenvalue weighted by Gasteiger charge is 2.24. The minimum absolute atomic E-state index is 0.0383. The highest BCUT2D eigenvalue weighted by atomic mass is 35.8. The van der Waals surface area contributed by atoms with Gasteiger partial charge in [-0.05, 0) is 201 Å². The van der Waals surface area contributed by atoms with Crippen molar-refractivity contribution in [3.05, 3.63) is 342 Å². The fraction of sp³-hybridized carbons (Fsp3) is 0.167. The van der Waals surface area contributed by atoms with Crippen molar-refractivity contribution in [1.29, 1.82) is 0 Å². The molecule has 600 valence electrons. The molecule has 1 heterocycles. The SMILES string of the molecule is Fc1ccccc1.O=C(O)CCC(=O)c1ccc(F)cc1.O=C(O)CCC(=O)c1ccc(Sc2ccccc2)cc1.O=C(O)CCCc1ccc(Sc2ccccc2)cc1.O=C1CCC(=O)O1.O=C1CCCc2ccc(S(=O)(=O)c3ccccc3)cc21.O=C1CCCc2ccc(Sc3ccccc3)cc21.Sc1ccccc1.[Cl][Al]([Cl])[Cl]. The number of carboxylic acids is 3. The zero-order valence-corrected chi connectivity index (χ0v) is 70.2. The minimum atomic E-state index is -3.55. The molecule has 0 atom stereocenters. The number of fused-ring (bicyclic) bond motifs is 2. The molecular weight excluding hydrogens is 1650 g/mol. The maximum atomic E-state index is 12.5. The normalized spacial score (nSPS) is 11.9. The van der Waals surface area contributed by atoms with Crippen molar-refractivity contribution in [2.45, 2.75) is 140 Å². The summed E-state index contributed by atoms with van der Waals surface area (Å²) in [6.45, 7) is 0. The van der Waals surface area contributed by atoms with E-state index in [9.17, 15) is 60.3 Å². The molecule has 0 radical (unpaired) electrons. The number of esters is 2. The summed E-state index contributed by atoms with van der Waals surface area (Å²) in [6.07, 6.45) is 6.87. The van der Waals surface area contributed by atoms with E-state index in [0.717, 1.165) is 62.8 Å². The minimum Gasteiger partial charge on any atom is -0.481 e. The van der Waals surface area contributed by atoms with Crippen LogP contribution in [0, 0.1) is 11.6 Å². The summed E-state index contributed by atoms with van der Waals surface area (Å²) >= 11 is 7.42. The Morgan fingerprint density at radius 1 is 0.388 bits per heavy atom. The third kappa shape index (κ3) is 37.9. The lowest BCUT2D eigenvalue weighted by molar-refractivity contribution is -0.152. The molecular formula is C90H82AlCl3F2O15S5. The quantitative estimate of drug-likeness (QED) is 0.0182. The fourth-order valence-corrected chi connectivity index (χ4v) is 14.6. The van der Waals surface area contributed by atoms with Crippen molar-refractivity contribution < 1.29 is 80.4 Å². The van der Waals surface area contributed by atoms with Crippen LogP contribution in [0.2, 0.25) is 0 Å². The summed E-state index contributed by atoms with van der Waals surface area (Å²) < 4.78 is 53.5. The molecule has 2 aliphatic carbocycles. The second-order valence-electron chi connectivity index (χ2n) is 25.0. The number of hydrogen-bond donors (Lipinski definition) is 4. The Balaban J connectivity index is 0.000000210. The molecule has 11 aromatic carbocycles. The Morgan fingerprint density at radius 3 is 1.11 bits per heavy atom. The second-order valence-corrected chi connectivity index (χ2v) is 37.4. The number of aryl methyl sites for hydroxylation is 3. The number of benzene rings is 11. The molecule has 0 aromatic heterocycles. The number of ketones is 4. The smallest absolute Gasteiger partial charge is 0.481 e. The fourth-order valence-electron chi connectivity index (χ4n) is 10.6. The maximum Gasteiger partial charge on any atom is 0.643 e. The van der Waals surface area contributed by atoms with Gasteiger partial charge in [0.25, 0.3) is 0 Å². The van der Waals surface area contributed by atoms with Gasteiger partial charge in [-0.25, -0.2) is 47.3 Å². The van der Waals surface area contributed by atoms with Crippen molar-refractivity contribution in [2.75, 3.05) is 0 Å². The molecule has 0 amide bonds. The summed E-state index contributed by atoms with van der Waals surface area (Å²) in [5.41, 5.74) is 5.75. The van der Waals surface area contributed by atoms with Gasteiger partial charge >= 0.3 is 41.2 Å². The van der Waals surface area contributed by atoms with Crippen molar-refractivity contribution >= 4 is 152 Å². The van der Waals surface area contributed by atoms with Gasteiger partial charge in [-0.3, -0.25) is 43.2 Å². The molecule has 11 aromatic rings. The average Bonchev–Trinajstić information content (AvgIpc) is 0.820. The van der Waals surface area contributed by atoms with E-state index >= 15 is 0 Å². The number of ether oxygens (including phenoxy) is 1. The first-order chi connectivity index (χ1) is 55.7. The van der Waals surface area contributed by atoms with Crippen molar-refractivity contribution in [2.24, 2.45) is 0 Å². The van der Waals surface area contributed by atoms with E-state index in [4.69, 9.17) is 45.5 Å². The zero-order valence-electron chi connectivity index (χ0n) is 62.6. The Kier molecular flexibility index (Phi) is 43.3. The van der Waals surface area contributed by atoms with Crippen LogP contribution in [0.15, 0.2) is 335 Å². The first kappa shape index (κ1) is 95.1. The summed E-state index contributed by atoms with van der Waals surface area (Å²) in [6, 6.07) is 88.3. The van der Waals surface area contributed by atoms with Crippen LogP contribution in [0.4, 0.5) is 8.78 Å². The monoisotopic (exact) mass is 1730 g/mol. The van der Waals surface area contributed by atoms with Crippen LogP contribution < -0.4 is 0 Å². The second kappa shape index (κ2) is 52.8. The number of halogens is 5. The number of Topliss-reactive ketones (excluding diaryl/α,β-unsaturated/α-hetero) is 4. The standard InChI is InChI=1S/2C16H14O3S.C16H16O2S.C16H14OS.C10H9FO3.C6H5F.C6H6S.C4H4O3.Al.3ClH/c17-16-8-4-5-12-9-10-14(11-15(12)16)20(18,19)13-6-2-1-3-7-13;17-15(10-11-16(18)19)12-6-8-14(9-7-12)20-13-4-2-1-3-5-13;17-16(18)8-4-5-13-9-11-15(12-10-13)19-14-6-2-1-3-7-14;17-16-8-4-5-12-9-10-14(11-15(12)16)18-13-6-2-1-3-7-13;11-8-3-1-7(2-4-8)9(12)5-6-10(13)14;2*7-6-4-2-1-3-5-6;5-3-1-2-4(6)7-3;;;;/h1-3,6-7,9-11H,4-5,8H2;1-9H,10-11H2,(H,18,19);1-3,6-7,9-12H,4-5,8H2,(H,17,18);1-3,6-7,9-11H,4-5,8H2;1-4H,5-6H2,(H,13,14);1-5H;1-5,7H;1-2H2;;3*1H/q;;;;;;;;+3;;;/p-3.